The number of hydrogen-bond donors (Lipinski definition) is 1. The van der Waals surface area contributed by atoms with Crippen LogP contribution in [0.25, 0.3) is 0 Å². The Hall–Kier alpha value is -0.0800. The second kappa shape index (κ2) is 5.27. The Labute approximate surface area is 108 Å². The van der Waals surface area contributed by atoms with Gasteiger partial charge in [0.15, 0.2) is 0 Å². The van der Waals surface area contributed by atoms with Gasteiger partial charge in [-0.15, -0.1) is 0 Å². The molecule has 17 heavy (non-hydrogen) atoms. The molecule has 1 heterocycles. The lowest BCUT2D eigenvalue weighted by Gasteiger charge is -2.53. The molecule has 1 saturated heterocycles. The van der Waals surface area contributed by atoms with Crippen LogP contribution in [0, 0.1) is 5.92 Å². The molecule has 2 atom stereocenters. The maximum Gasteiger partial charge on any atom is 0.0281 e. The highest BCUT2D eigenvalue weighted by Crippen LogP contribution is 2.29. The molecule has 1 N–H and O–H groups in total. The summed E-state index contributed by atoms with van der Waals surface area (Å²) < 4.78 is 0. The summed E-state index contributed by atoms with van der Waals surface area (Å²) in [5.41, 5.74) is 0.573. The number of nitrogens with zero attached hydrogens (tertiary/aromatic N) is 1. The van der Waals surface area contributed by atoms with Crippen molar-refractivity contribution in [3.05, 3.63) is 0 Å². The lowest BCUT2D eigenvalue weighted by atomic mass is 9.86. The maximum absolute atomic E-state index is 3.73. The zero-order valence-corrected chi connectivity index (χ0v) is 12.9. The predicted molar refractivity (Wildman–Crippen MR) is 76.4 cm³/mol. The first-order chi connectivity index (χ1) is 7.70. The maximum atomic E-state index is 3.73. The van der Waals surface area contributed by atoms with Gasteiger partial charge in [0.05, 0.1) is 0 Å². The van der Waals surface area contributed by atoms with Crippen LogP contribution in [0.3, 0.4) is 0 Å². The zero-order valence-electron chi connectivity index (χ0n) is 12.9. The lowest BCUT2D eigenvalue weighted by molar-refractivity contribution is -0.00412. The molecule has 0 bridgehead atoms. The first-order valence-corrected chi connectivity index (χ1v) is 7.22. The molecular formula is C15H32N2. The smallest absolute Gasteiger partial charge is 0.0281 e. The summed E-state index contributed by atoms with van der Waals surface area (Å²) in [6.07, 6.45) is 2.50. The molecule has 102 valence electrons. The Balaban J connectivity index is 2.77. The molecule has 1 aliphatic rings. The van der Waals surface area contributed by atoms with Crippen molar-refractivity contribution in [2.75, 3.05) is 13.1 Å². The predicted octanol–water partition coefficient (Wildman–Crippen LogP) is 3.27. The average molecular weight is 240 g/mol. The van der Waals surface area contributed by atoms with Crippen molar-refractivity contribution >= 4 is 0 Å². The van der Waals surface area contributed by atoms with Gasteiger partial charge in [-0.1, -0.05) is 20.8 Å². The summed E-state index contributed by atoms with van der Waals surface area (Å²) in [5.74, 6) is 0.781. The number of hydrogen-bond acceptors (Lipinski definition) is 2. The van der Waals surface area contributed by atoms with Gasteiger partial charge in [-0.3, -0.25) is 4.90 Å². The number of piperazine rings is 1. The molecule has 1 fully saturated rings. The van der Waals surface area contributed by atoms with Gasteiger partial charge in [-0.2, -0.15) is 0 Å². The van der Waals surface area contributed by atoms with Crippen molar-refractivity contribution in [3.8, 4) is 0 Å². The molecule has 2 unspecified atom stereocenters. The SMILES string of the molecule is CCC1(C)CN(C(C)CC(C)C)C(C)(C)CN1. The highest BCUT2D eigenvalue weighted by atomic mass is 15.3. The Morgan fingerprint density at radius 2 is 1.76 bits per heavy atom. The van der Waals surface area contributed by atoms with Crippen LogP contribution in [0.2, 0.25) is 0 Å². The first kappa shape index (κ1) is 15.0. The van der Waals surface area contributed by atoms with Gasteiger partial charge in [-0.05, 0) is 46.5 Å². The van der Waals surface area contributed by atoms with E-state index in [9.17, 15) is 0 Å². The Kier molecular flexibility index (Phi) is 4.65. The van der Waals surface area contributed by atoms with E-state index in [4.69, 9.17) is 0 Å². The summed E-state index contributed by atoms with van der Waals surface area (Å²) >= 11 is 0. The highest BCUT2D eigenvalue weighted by molar-refractivity contribution is 5.00. The van der Waals surface area contributed by atoms with E-state index < -0.39 is 0 Å². The third-order valence-electron chi connectivity index (χ3n) is 4.37. The van der Waals surface area contributed by atoms with Crippen molar-refractivity contribution in [1.29, 1.82) is 0 Å². The molecule has 0 spiro atoms. The molecular weight excluding hydrogens is 208 g/mol. The molecule has 2 nitrogen and oxygen atoms in total. The lowest BCUT2D eigenvalue weighted by Crippen LogP contribution is -2.68. The topological polar surface area (TPSA) is 15.3 Å². The van der Waals surface area contributed by atoms with E-state index in [0.717, 1.165) is 12.5 Å². The van der Waals surface area contributed by atoms with E-state index in [1.165, 1.54) is 19.4 Å². The summed E-state index contributed by atoms with van der Waals surface area (Å²) in [5, 5.41) is 3.73. The fraction of sp³-hybridized carbons (Fsp3) is 1.00. The molecule has 0 aromatic heterocycles. The van der Waals surface area contributed by atoms with Crippen molar-refractivity contribution in [3.63, 3.8) is 0 Å². The van der Waals surface area contributed by atoms with Crippen molar-refractivity contribution in [2.24, 2.45) is 5.92 Å². The fourth-order valence-electron chi connectivity index (χ4n) is 2.98. The molecule has 1 aliphatic heterocycles. The first-order valence-electron chi connectivity index (χ1n) is 7.22. The minimum atomic E-state index is 0.281. The van der Waals surface area contributed by atoms with Crippen LogP contribution in [0.15, 0.2) is 0 Å². The van der Waals surface area contributed by atoms with E-state index in [2.05, 4.69) is 58.7 Å². The van der Waals surface area contributed by atoms with Crippen LogP contribution in [0.1, 0.15) is 61.3 Å². The van der Waals surface area contributed by atoms with E-state index >= 15 is 0 Å². The fourth-order valence-corrected chi connectivity index (χ4v) is 2.98. The van der Waals surface area contributed by atoms with Gasteiger partial charge >= 0.3 is 0 Å². The van der Waals surface area contributed by atoms with Gasteiger partial charge in [0, 0.05) is 30.2 Å². The minimum Gasteiger partial charge on any atom is -0.308 e. The minimum absolute atomic E-state index is 0.281. The van der Waals surface area contributed by atoms with Crippen LogP contribution >= 0.6 is 0 Å². The molecule has 0 aromatic rings. The normalized spacial score (nSPS) is 31.8. The Morgan fingerprint density at radius 3 is 2.24 bits per heavy atom. The second-order valence-electron chi connectivity index (χ2n) is 7.19. The molecule has 0 amide bonds. The third-order valence-corrected chi connectivity index (χ3v) is 4.37. The Morgan fingerprint density at radius 1 is 1.18 bits per heavy atom. The Bertz CT molecular complexity index is 247. The summed E-state index contributed by atoms with van der Waals surface area (Å²) in [4.78, 5) is 2.72. The van der Waals surface area contributed by atoms with Crippen molar-refractivity contribution < 1.29 is 0 Å². The van der Waals surface area contributed by atoms with Crippen LogP contribution in [0.5, 0.6) is 0 Å². The van der Waals surface area contributed by atoms with Gasteiger partial charge in [0.2, 0.25) is 0 Å². The van der Waals surface area contributed by atoms with Gasteiger partial charge in [0.25, 0.3) is 0 Å². The summed E-state index contributed by atoms with van der Waals surface area (Å²) in [7, 11) is 0. The average Bonchev–Trinajstić information content (AvgIpc) is 2.21. The third kappa shape index (κ3) is 3.69. The van der Waals surface area contributed by atoms with Crippen LogP contribution in [-0.2, 0) is 0 Å². The molecule has 0 saturated carbocycles. The molecule has 2 heteroatoms. The number of nitrogens with one attached hydrogen (secondary N) is 1. The molecule has 0 aliphatic carbocycles. The van der Waals surface area contributed by atoms with Crippen LogP contribution in [-0.4, -0.2) is 35.1 Å². The van der Waals surface area contributed by atoms with E-state index in [1.807, 2.05) is 0 Å². The molecule has 0 aromatic carbocycles. The quantitative estimate of drug-likeness (QED) is 0.811. The molecule has 0 radical (unpaired) electrons. The van der Waals surface area contributed by atoms with Crippen LogP contribution < -0.4 is 5.32 Å². The standard InChI is InChI=1S/C15H32N2/c1-8-15(7)11-17(13(4)9-12(2)3)14(5,6)10-16-15/h12-13,16H,8-11H2,1-7H3. The largest absolute Gasteiger partial charge is 0.308 e. The highest BCUT2D eigenvalue weighted by Gasteiger charge is 2.41. The van der Waals surface area contributed by atoms with E-state index in [0.29, 0.717) is 11.6 Å². The summed E-state index contributed by atoms with van der Waals surface area (Å²) in [6, 6.07) is 0.679. The second-order valence-corrected chi connectivity index (χ2v) is 7.19. The van der Waals surface area contributed by atoms with Gasteiger partial charge < -0.3 is 5.32 Å². The van der Waals surface area contributed by atoms with Crippen LogP contribution in [0.4, 0.5) is 0 Å². The van der Waals surface area contributed by atoms with Crippen molar-refractivity contribution in [2.45, 2.75) is 78.4 Å². The van der Waals surface area contributed by atoms with E-state index in [1.54, 1.807) is 0 Å². The van der Waals surface area contributed by atoms with Gasteiger partial charge in [0.1, 0.15) is 0 Å². The van der Waals surface area contributed by atoms with E-state index in [-0.39, 0.29) is 5.54 Å². The molecule has 1 rings (SSSR count). The monoisotopic (exact) mass is 240 g/mol. The number of rotatable bonds is 4. The summed E-state index contributed by atoms with van der Waals surface area (Å²) in [6.45, 7) is 18.7. The zero-order chi connectivity index (χ0) is 13.3. The van der Waals surface area contributed by atoms with Crippen molar-refractivity contribution in [1.82, 2.24) is 10.2 Å². The van der Waals surface area contributed by atoms with Gasteiger partial charge in [-0.25, -0.2) is 0 Å².